The zero-order chi connectivity index (χ0) is 16.5. The van der Waals surface area contributed by atoms with Crippen LogP contribution in [0.5, 0.6) is 0 Å². The fourth-order valence-electron chi connectivity index (χ4n) is 3.08. The molecular weight excluding hydrogens is 324 g/mol. The number of anilines is 1. The maximum atomic E-state index is 12.3. The van der Waals surface area contributed by atoms with E-state index in [1.165, 1.54) is 0 Å². The van der Waals surface area contributed by atoms with Crippen LogP contribution in [-0.2, 0) is 7.05 Å². The fraction of sp³-hybridized carbons (Fsp3) is 0.375. The highest BCUT2D eigenvalue weighted by atomic mass is 32.1. The van der Waals surface area contributed by atoms with E-state index >= 15 is 0 Å². The Labute approximate surface area is 143 Å². The number of nitrogens with zero attached hydrogens (tertiary/aromatic N) is 5. The lowest BCUT2D eigenvalue weighted by Crippen LogP contribution is -2.48. The normalized spacial score (nSPS) is 18.0. The van der Waals surface area contributed by atoms with Crippen molar-refractivity contribution in [1.29, 1.82) is 0 Å². The highest BCUT2D eigenvalue weighted by molar-refractivity contribution is 7.17. The number of aromatic nitrogens is 4. The molecule has 0 saturated carbocycles. The third-order valence-electron chi connectivity index (χ3n) is 4.22. The Morgan fingerprint density at radius 3 is 3.12 bits per heavy atom. The Bertz CT molecular complexity index is 872. The van der Waals surface area contributed by atoms with Gasteiger partial charge >= 0.3 is 0 Å². The summed E-state index contributed by atoms with van der Waals surface area (Å²) < 4.78 is 2.88. The van der Waals surface area contributed by atoms with Gasteiger partial charge in [-0.05, 0) is 24.3 Å². The molecule has 1 atom stereocenters. The van der Waals surface area contributed by atoms with Crippen LogP contribution in [0.4, 0.5) is 5.82 Å². The maximum absolute atomic E-state index is 12.3. The maximum Gasteiger partial charge on any atom is 0.271 e. The van der Waals surface area contributed by atoms with E-state index < -0.39 is 0 Å². The Hall–Kier alpha value is -2.48. The number of fused-ring (bicyclic) bond motifs is 1. The largest absolute Gasteiger partial charge is 0.353 e. The van der Waals surface area contributed by atoms with Crippen LogP contribution < -0.4 is 10.2 Å². The van der Waals surface area contributed by atoms with Crippen molar-refractivity contribution < 1.29 is 4.79 Å². The molecule has 7 nitrogen and oxygen atoms in total. The molecule has 0 aliphatic carbocycles. The van der Waals surface area contributed by atoms with E-state index in [9.17, 15) is 4.79 Å². The van der Waals surface area contributed by atoms with Crippen LogP contribution in [0.2, 0.25) is 0 Å². The number of hydrogen-bond acceptors (Lipinski definition) is 6. The van der Waals surface area contributed by atoms with Crippen LogP contribution in [-0.4, -0.2) is 44.6 Å². The number of nitrogens with one attached hydrogen (secondary N) is 1. The molecule has 1 unspecified atom stereocenters. The van der Waals surface area contributed by atoms with E-state index in [-0.39, 0.29) is 11.9 Å². The van der Waals surface area contributed by atoms with Gasteiger partial charge in [0.1, 0.15) is 17.8 Å². The van der Waals surface area contributed by atoms with Crippen molar-refractivity contribution in [2.75, 3.05) is 18.0 Å². The molecule has 1 fully saturated rings. The first-order valence-electron chi connectivity index (χ1n) is 7.92. The number of imidazole rings is 1. The number of carbonyl (C=O) groups excluding carboxylic acids is 1. The van der Waals surface area contributed by atoms with Gasteiger partial charge in [-0.15, -0.1) is 11.3 Å². The number of rotatable bonds is 3. The number of aryl methyl sites for hydroxylation is 1. The van der Waals surface area contributed by atoms with Crippen molar-refractivity contribution in [3.8, 4) is 0 Å². The smallest absolute Gasteiger partial charge is 0.271 e. The summed E-state index contributed by atoms with van der Waals surface area (Å²) in [4.78, 5) is 27.4. The standard InChI is InChI=1S/C16H18N6OS/c1-21-8-13(19-10-21)16(23)20-11-3-2-5-22(7-11)15-14-12(4-6-24-14)17-9-18-15/h4,6,8-11H,2-3,5,7H2,1H3,(H,20,23). The van der Waals surface area contributed by atoms with Gasteiger partial charge in [-0.3, -0.25) is 4.79 Å². The molecule has 1 saturated heterocycles. The van der Waals surface area contributed by atoms with Crippen LogP contribution in [0, 0.1) is 0 Å². The SMILES string of the molecule is Cn1cnc(C(=O)NC2CCCN(c3ncnc4ccsc34)C2)c1. The second kappa shape index (κ2) is 6.20. The van der Waals surface area contributed by atoms with Crippen LogP contribution >= 0.6 is 11.3 Å². The van der Waals surface area contributed by atoms with Crippen LogP contribution in [0.25, 0.3) is 10.2 Å². The van der Waals surface area contributed by atoms with Gasteiger partial charge in [0, 0.05) is 32.4 Å². The van der Waals surface area contributed by atoms with E-state index in [1.807, 2.05) is 18.5 Å². The Balaban J connectivity index is 1.49. The molecule has 3 aromatic heterocycles. The van der Waals surface area contributed by atoms with Crippen LogP contribution in [0.15, 0.2) is 30.3 Å². The Morgan fingerprint density at radius 2 is 2.29 bits per heavy atom. The molecule has 124 valence electrons. The summed E-state index contributed by atoms with van der Waals surface area (Å²) in [6, 6.07) is 2.10. The van der Waals surface area contributed by atoms with E-state index in [4.69, 9.17) is 0 Å². The first-order valence-corrected chi connectivity index (χ1v) is 8.80. The number of piperidine rings is 1. The second-order valence-corrected chi connectivity index (χ2v) is 6.93. The molecule has 4 rings (SSSR count). The Kier molecular flexibility index (Phi) is 3.89. The molecule has 24 heavy (non-hydrogen) atoms. The average molecular weight is 342 g/mol. The van der Waals surface area contributed by atoms with Crippen LogP contribution in [0.3, 0.4) is 0 Å². The minimum atomic E-state index is -0.119. The highest BCUT2D eigenvalue weighted by Gasteiger charge is 2.24. The first-order chi connectivity index (χ1) is 11.7. The van der Waals surface area contributed by atoms with Crippen molar-refractivity contribution in [2.45, 2.75) is 18.9 Å². The molecule has 1 aliphatic rings. The van der Waals surface area contributed by atoms with Gasteiger partial charge in [0.25, 0.3) is 5.91 Å². The lowest BCUT2D eigenvalue weighted by molar-refractivity contribution is 0.0928. The Morgan fingerprint density at radius 1 is 1.38 bits per heavy atom. The molecule has 1 amide bonds. The minimum absolute atomic E-state index is 0.0956. The second-order valence-electron chi connectivity index (χ2n) is 6.02. The fourth-order valence-corrected chi connectivity index (χ4v) is 3.94. The highest BCUT2D eigenvalue weighted by Crippen LogP contribution is 2.29. The van der Waals surface area contributed by atoms with Gasteiger partial charge in [0.05, 0.1) is 16.5 Å². The predicted octanol–water partition coefficient (Wildman–Crippen LogP) is 1.82. The van der Waals surface area contributed by atoms with Crippen molar-refractivity contribution in [1.82, 2.24) is 24.8 Å². The summed E-state index contributed by atoms with van der Waals surface area (Å²) in [6.45, 7) is 1.70. The first kappa shape index (κ1) is 15.1. The number of hydrogen-bond donors (Lipinski definition) is 1. The molecule has 3 aromatic rings. The van der Waals surface area contributed by atoms with Crippen molar-refractivity contribution in [3.05, 3.63) is 36.0 Å². The summed E-state index contributed by atoms with van der Waals surface area (Å²) in [7, 11) is 1.85. The molecule has 1 N–H and O–H groups in total. The molecule has 1 aliphatic heterocycles. The zero-order valence-corrected chi connectivity index (χ0v) is 14.2. The van der Waals surface area contributed by atoms with Crippen LogP contribution in [0.1, 0.15) is 23.3 Å². The monoisotopic (exact) mass is 342 g/mol. The van der Waals surface area contributed by atoms with Crippen molar-refractivity contribution in [3.63, 3.8) is 0 Å². The van der Waals surface area contributed by atoms with Gasteiger partial charge in [-0.1, -0.05) is 0 Å². The molecule has 0 radical (unpaired) electrons. The summed E-state index contributed by atoms with van der Waals surface area (Å²) in [5.74, 6) is 0.846. The lowest BCUT2D eigenvalue weighted by Gasteiger charge is -2.33. The van der Waals surface area contributed by atoms with Gasteiger partial charge in [-0.25, -0.2) is 15.0 Å². The number of amides is 1. The summed E-state index contributed by atoms with van der Waals surface area (Å²) in [5.41, 5.74) is 1.43. The quantitative estimate of drug-likeness (QED) is 0.786. The number of thiophene rings is 1. The van der Waals surface area contributed by atoms with Gasteiger partial charge in [-0.2, -0.15) is 0 Å². The predicted molar refractivity (Wildman–Crippen MR) is 93.3 cm³/mol. The molecule has 8 heteroatoms. The minimum Gasteiger partial charge on any atom is -0.353 e. The summed E-state index contributed by atoms with van der Waals surface area (Å²) in [5, 5.41) is 5.13. The van der Waals surface area contributed by atoms with Crippen molar-refractivity contribution >= 4 is 33.3 Å². The molecule has 0 spiro atoms. The average Bonchev–Trinajstić information content (AvgIpc) is 3.23. The van der Waals surface area contributed by atoms with E-state index in [1.54, 1.807) is 34.8 Å². The number of carbonyl (C=O) groups is 1. The van der Waals surface area contributed by atoms with Gasteiger partial charge in [0.2, 0.25) is 0 Å². The van der Waals surface area contributed by atoms with Crippen molar-refractivity contribution in [2.24, 2.45) is 7.05 Å². The van der Waals surface area contributed by atoms with Gasteiger partial charge in [0.15, 0.2) is 0 Å². The molecular formula is C16H18N6OS. The summed E-state index contributed by atoms with van der Waals surface area (Å²) >= 11 is 1.66. The summed E-state index contributed by atoms with van der Waals surface area (Å²) in [6.07, 6.45) is 6.96. The third kappa shape index (κ3) is 2.84. The lowest BCUT2D eigenvalue weighted by atomic mass is 10.1. The van der Waals surface area contributed by atoms with E-state index in [2.05, 4.69) is 25.2 Å². The van der Waals surface area contributed by atoms with E-state index in [0.717, 1.165) is 42.0 Å². The zero-order valence-electron chi connectivity index (χ0n) is 13.3. The van der Waals surface area contributed by atoms with E-state index in [0.29, 0.717) is 5.69 Å². The molecule has 0 bridgehead atoms. The molecule has 0 aromatic carbocycles. The topological polar surface area (TPSA) is 75.9 Å². The molecule has 4 heterocycles. The third-order valence-corrected chi connectivity index (χ3v) is 5.12. The van der Waals surface area contributed by atoms with Gasteiger partial charge < -0.3 is 14.8 Å².